The highest BCUT2D eigenvalue weighted by Gasteiger charge is 2.27. The molecule has 0 saturated carbocycles. The predicted molar refractivity (Wildman–Crippen MR) is 76.1 cm³/mol. The number of benzene rings is 1. The fourth-order valence-electron chi connectivity index (χ4n) is 2.07. The van der Waals surface area contributed by atoms with E-state index in [1.54, 1.807) is 0 Å². The third kappa shape index (κ3) is 2.88. The number of carboxylic acid groups (broad SMARTS) is 1. The van der Waals surface area contributed by atoms with Crippen LogP contribution in [0.2, 0.25) is 0 Å². The van der Waals surface area contributed by atoms with Crippen molar-refractivity contribution in [1.82, 2.24) is 5.16 Å². The van der Waals surface area contributed by atoms with Crippen LogP contribution in [0.1, 0.15) is 30.0 Å². The minimum Gasteiger partial charge on any atom is -0.496 e. The van der Waals surface area contributed by atoms with Crippen molar-refractivity contribution in [1.29, 1.82) is 0 Å². The molecule has 7 heteroatoms. The fourth-order valence-corrected chi connectivity index (χ4v) is 2.07. The first-order chi connectivity index (χ1) is 10.3. The van der Waals surface area contributed by atoms with Crippen LogP contribution in [0.3, 0.4) is 0 Å². The molecule has 118 valence electrons. The average Bonchev–Trinajstić information content (AvgIpc) is 2.94. The first-order valence-corrected chi connectivity index (χ1v) is 6.43. The van der Waals surface area contributed by atoms with E-state index in [-0.39, 0.29) is 11.5 Å². The van der Waals surface area contributed by atoms with Crippen LogP contribution >= 0.6 is 0 Å². The van der Waals surface area contributed by atoms with Gasteiger partial charge >= 0.3 is 5.97 Å². The average molecular weight is 309 g/mol. The molecule has 0 aliphatic carbocycles. The van der Waals surface area contributed by atoms with Crippen molar-refractivity contribution in [2.45, 2.75) is 19.5 Å². The van der Waals surface area contributed by atoms with Gasteiger partial charge in [-0.2, -0.15) is 0 Å². The van der Waals surface area contributed by atoms with E-state index in [0.717, 1.165) is 0 Å². The molecule has 0 amide bonds. The van der Waals surface area contributed by atoms with Crippen LogP contribution in [0.25, 0.3) is 11.3 Å². The molecule has 0 fully saturated rings. The molecule has 6 nitrogen and oxygen atoms in total. The maximum atomic E-state index is 14.4. The van der Waals surface area contributed by atoms with Gasteiger partial charge in [-0.15, -0.1) is 0 Å². The third-order valence-electron chi connectivity index (χ3n) is 3.16. The number of aromatic nitrogens is 1. The molecule has 1 aromatic heterocycles. The van der Waals surface area contributed by atoms with E-state index in [4.69, 9.17) is 19.1 Å². The van der Waals surface area contributed by atoms with E-state index in [2.05, 4.69) is 5.16 Å². The van der Waals surface area contributed by atoms with Crippen molar-refractivity contribution in [3.8, 4) is 22.8 Å². The van der Waals surface area contributed by atoms with Crippen LogP contribution in [-0.2, 0) is 5.67 Å². The number of aromatic carboxylic acids is 1. The van der Waals surface area contributed by atoms with E-state index in [9.17, 15) is 9.18 Å². The maximum absolute atomic E-state index is 14.4. The molecule has 0 radical (unpaired) electrons. The van der Waals surface area contributed by atoms with Gasteiger partial charge in [-0.05, 0) is 19.9 Å². The van der Waals surface area contributed by atoms with Crippen molar-refractivity contribution in [2.75, 3.05) is 14.2 Å². The second kappa shape index (κ2) is 5.67. The lowest BCUT2D eigenvalue weighted by Gasteiger charge is -2.20. The Balaban J connectivity index is 2.65. The normalized spacial score (nSPS) is 11.3. The molecule has 0 atom stereocenters. The van der Waals surface area contributed by atoms with Crippen LogP contribution in [0.4, 0.5) is 4.39 Å². The molecule has 1 N–H and O–H groups in total. The van der Waals surface area contributed by atoms with Gasteiger partial charge in [0.2, 0.25) is 5.76 Å². The Morgan fingerprint density at radius 2 is 1.86 bits per heavy atom. The molecule has 22 heavy (non-hydrogen) atoms. The molecule has 0 aliphatic rings. The summed E-state index contributed by atoms with van der Waals surface area (Å²) in [5.74, 6) is -0.851. The van der Waals surface area contributed by atoms with Crippen molar-refractivity contribution in [3.05, 3.63) is 29.5 Å². The Labute approximate surface area is 126 Å². The Morgan fingerprint density at radius 3 is 2.32 bits per heavy atom. The largest absolute Gasteiger partial charge is 0.496 e. The highest BCUT2D eigenvalue weighted by atomic mass is 19.1. The Bertz CT molecular complexity index is 702. The first-order valence-electron chi connectivity index (χ1n) is 6.43. The molecule has 0 spiro atoms. The topological polar surface area (TPSA) is 81.8 Å². The lowest BCUT2D eigenvalue weighted by atomic mass is 9.95. The second-order valence-corrected chi connectivity index (χ2v) is 5.11. The van der Waals surface area contributed by atoms with Gasteiger partial charge in [-0.3, -0.25) is 0 Å². The predicted octanol–water partition coefficient (Wildman–Crippen LogP) is 3.26. The van der Waals surface area contributed by atoms with Crippen LogP contribution in [0, 0.1) is 0 Å². The van der Waals surface area contributed by atoms with Crippen LogP contribution in [0.15, 0.2) is 22.7 Å². The van der Waals surface area contributed by atoms with Crippen LogP contribution < -0.4 is 9.47 Å². The van der Waals surface area contributed by atoms with Crippen molar-refractivity contribution in [3.63, 3.8) is 0 Å². The molecular formula is C15H16FNO5. The summed E-state index contributed by atoms with van der Waals surface area (Å²) in [4.78, 5) is 10.9. The fraction of sp³-hybridized carbons (Fsp3) is 0.333. The Kier molecular flexibility index (Phi) is 4.07. The summed E-state index contributed by atoms with van der Waals surface area (Å²) in [6.45, 7) is 2.79. The van der Waals surface area contributed by atoms with Gasteiger partial charge in [0.25, 0.3) is 0 Å². The van der Waals surface area contributed by atoms with Gasteiger partial charge in [-0.25, -0.2) is 9.18 Å². The van der Waals surface area contributed by atoms with Gasteiger partial charge < -0.3 is 19.1 Å². The van der Waals surface area contributed by atoms with E-state index >= 15 is 0 Å². The third-order valence-corrected chi connectivity index (χ3v) is 3.16. The van der Waals surface area contributed by atoms with Gasteiger partial charge in [0.05, 0.1) is 14.2 Å². The standard InChI is InChI=1S/C15H16FNO5/c1-15(2,16)9-5-8(11(20-3)7-12(9)21-4)10-6-13(14(18)19)22-17-10/h5-7H,1-4H3,(H,18,19). The lowest BCUT2D eigenvalue weighted by Crippen LogP contribution is -2.11. The van der Waals surface area contributed by atoms with Crippen molar-refractivity contribution in [2.24, 2.45) is 0 Å². The summed E-state index contributed by atoms with van der Waals surface area (Å²) in [5.41, 5.74) is -0.709. The molecule has 0 unspecified atom stereocenters. The highest BCUT2D eigenvalue weighted by Crippen LogP contribution is 2.41. The zero-order chi connectivity index (χ0) is 16.5. The number of ether oxygens (including phenoxy) is 2. The summed E-state index contributed by atoms with van der Waals surface area (Å²) in [7, 11) is 2.87. The SMILES string of the molecule is COc1cc(OC)c(C(C)(C)F)cc1-c1cc(C(=O)O)on1. The summed E-state index contributed by atoms with van der Waals surface area (Å²) in [6.07, 6.45) is 0. The molecule has 0 aliphatic heterocycles. The summed E-state index contributed by atoms with van der Waals surface area (Å²) in [6, 6.07) is 4.30. The molecule has 1 aromatic carbocycles. The quantitative estimate of drug-likeness (QED) is 0.913. The zero-order valence-electron chi connectivity index (χ0n) is 12.6. The number of rotatable bonds is 5. The van der Waals surface area contributed by atoms with Crippen molar-refractivity contribution >= 4 is 5.97 Å². The van der Waals surface area contributed by atoms with Gasteiger partial charge in [0.1, 0.15) is 22.9 Å². The zero-order valence-corrected chi connectivity index (χ0v) is 12.6. The number of halogens is 1. The number of hydrogen-bond acceptors (Lipinski definition) is 5. The van der Waals surface area contributed by atoms with Crippen LogP contribution in [0.5, 0.6) is 11.5 Å². The van der Waals surface area contributed by atoms with E-state index in [0.29, 0.717) is 22.6 Å². The summed E-state index contributed by atoms with van der Waals surface area (Å²) >= 11 is 0. The van der Waals surface area contributed by atoms with E-state index in [1.165, 1.54) is 46.3 Å². The number of alkyl halides is 1. The molecule has 0 bridgehead atoms. The number of hydrogen-bond donors (Lipinski definition) is 1. The van der Waals surface area contributed by atoms with Gasteiger partial charge in [0, 0.05) is 23.3 Å². The van der Waals surface area contributed by atoms with Crippen molar-refractivity contribution < 1.29 is 28.3 Å². The van der Waals surface area contributed by atoms with Gasteiger partial charge in [-0.1, -0.05) is 5.16 Å². The van der Waals surface area contributed by atoms with E-state index in [1.807, 2.05) is 0 Å². The molecule has 0 saturated heterocycles. The lowest BCUT2D eigenvalue weighted by molar-refractivity contribution is 0.0652. The smallest absolute Gasteiger partial charge is 0.374 e. The number of methoxy groups -OCH3 is 2. The first kappa shape index (κ1) is 15.8. The Hall–Kier alpha value is -2.57. The van der Waals surface area contributed by atoms with Gasteiger partial charge in [0.15, 0.2) is 0 Å². The summed E-state index contributed by atoms with van der Waals surface area (Å²) in [5, 5.41) is 12.6. The Morgan fingerprint density at radius 1 is 1.23 bits per heavy atom. The minimum absolute atomic E-state index is 0.238. The number of carbonyl (C=O) groups is 1. The molecular weight excluding hydrogens is 293 g/mol. The molecule has 1 heterocycles. The maximum Gasteiger partial charge on any atom is 0.374 e. The highest BCUT2D eigenvalue weighted by molar-refractivity contribution is 5.86. The van der Waals surface area contributed by atoms with Crippen LogP contribution in [-0.4, -0.2) is 30.5 Å². The van der Waals surface area contributed by atoms with E-state index < -0.39 is 11.6 Å². The summed E-state index contributed by atoms with van der Waals surface area (Å²) < 4.78 is 29.5. The molecule has 2 rings (SSSR count). The number of nitrogens with zero attached hydrogens (tertiary/aromatic N) is 1. The monoisotopic (exact) mass is 309 g/mol. The second-order valence-electron chi connectivity index (χ2n) is 5.11. The number of carboxylic acids is 1. The molecule has 2 aromatic rings. The minimum atomic E-state index is -1.66.